The maximum absolute atomic E-state index is 11.4. The molecule has 0 spiro atoms. The van der Waals surface area contributed by atoms with Crippen LogP contribution in [0.25, 0.3) is 0 Å². The summed E-state index contributed by atoms with van der Waals surface area (Å²) in [5, 5.41) is 0. The molecule has 0 saturated carbocycles. The number of nitrogens with zero attached hydrogens (tertiary/aromatic N) is 1. The van der Waals surface area contributed by atoms with E-state index in [1.165, 1.54) is 29.5 Å². The first-order valence-corrected chi connectivity index (χ1v) is 6.32. The van der Waals surface area contributed by atoms with Crippen molar-refractivity contribution in [1.82, 2.24) is 4.90 Å². The lowest BCUT2D eigenvalue weighted by Gasteiger charge is -2.24. The van der Waals surface area contributed by atoms with Crippen LogP contribution >= 0.6 is 11.8 Å². The number of carbonyl (C=O) groups excluding carboxylic acids is 2. The highest BCUT2D eigenvalue weighted by Gasteiger charge is 2.25. The second-order valence-electron chi connectivity index (χ2n) is 3.49. The number of thioether (sulfide) groups is 1. The monoisotopic (exact) mass is 215 g/mol. The van der Waals surface area contributed by atoms with Gasteiger partial charge in [0.15, 0.2) is 0 Å². The van der Waals surface area contributed by atoms with Crippen LogP contribution in [0.3, 0.4) is 0 Å². The van der Waals surface area contributed by atoms with Crippen LogP contribution in [-0.2, 0) is 9.59 Å². The summed E-state index contributed by atoms with van der Waals surface area (Å²) in [5.74, 6) is 0.921. The summed E-state index contributed by atoms with van der Waals surface area (Å²) in [5.41, 5.74) is 0. The third-order valence-corrected chi connectivity index (χ3v) is 3.19. The molecular formula is C10H17NO2S. The van der Waals surface area contributed by atoms with Gasteiger partial charge >= 0.3 is 0 Å². The molecule has 1 aliphatic rings. The third kappa shape index (κ3) is 3.33. The molecule has 0 bridgehead atoms. The third-order valence-electron chi connectivity index (χ3n) is 2.29. The van der Waals surface area contributed by atoms with Gasteiger partial charge in [-0.1, -0.05) is 26.2 Å². The molecule has 0 aromatic heterocycles. The highest BCUT2D eigenvalue weighted by Crippen LogP contribution is 2.13. The van der Waals surface area contributed by atoms with Crippen LogP contribution in [0, 0.1) is 0 Å². The lowest BCUT2D eigenvalue weighted by molar-refractivity contribution is -0.142. The molecule has 0 N–H and O–H groups in total. The van der Waals surface area contributed by atoms with Crippen molar-refractivity contribution in [3.05, 3.63) is 0 Å². The van der Waals surface area contributed by atoms with Gasteiger partial charge in [0.2, 0.25) is 11.8 Å². The van der Waals surface area contributed by atoms with Crippen LogP contribution in [0.15, 0.2) is 0 Å². The van der Waals surface area contributed by atoms with Crippen LogP contribution in [-0.4, -0.2) is 34.8 Å². The van der Waals surface area contributed by atoms with Gasteiger partial charge in [-0.05, 0) is 6.42 Å². The van der Waals surface area contributed by atoms with Crippen LogP contribution in [0.4, 0.5) is 0 Å². The molecule has 1 aliphatic heterocycles. The molecule has 0 unspecified atom stereocenters. The predicted octanol–water partition coefficient (Wildman–Crippen LogP) is 1.67. The van der Waals surface area contributed by atoms with E-state index in [2.05, 4.69) is 6.92 Å². The molecule has 0 atom stereocenters. The van der Waals surface area contributed by atoms with Crippen molar-refractivity contribution in [3.8, 4) is 0 Å². The van der Waals surface area contributed by atoms with E-state index in [-0.39, 0.29) is 11.8 Å². The fourth-order valence-corrected chi connectivity index (χ4v) is 2.23. The molecule has 0 radical (unpaired) electrons. The van der Waals surface area contributed by atoms with Crippen LogP contribution in [0.5, 0.6) is 0 Å². The van der Waals surface area contributed by atoms with Gasteiger partial charge in [0, 0.05) is 6.54 Å². The van der Waals surface area contributed by atoms with E-state index in [4.69, 9.17) is 0 Å². The fourth-order valence-electron chi connectivity index (χ4n) is 1.47. The van der Waals surface area contributed by atoms with Crippen molar-refractivity contribution in [2.24, 2.45) is 0 Å². The van der Waals surface area contributed by atoms with Crippen molar-refractivity contribution < 1.29 is 9.59 Å². The summed E-state index contributed by atoms with van der Waals surface area (Å²) >= 11 is 1.42. The van der Waals surface area contributed by atoms with Gasteiger partial charge in [-0.25, -0.2) is 0 Å². The van der Waals surface area contributed by atoms with Crippen LogP contribution in [0.1, 0.15) is 32.6 Å². The van der Waals surface area contributed by atoms with Crippen molar-refractivity contribution in [3.63, 3.8) is 0 Å². The summed E-state index contributed by atoms with van der Waals surface area (Å²) in [4.78, 5) is 24.1. The van der Waals surface area contributed by atoms with Gasteiger partial charge in [-0.2, -0.15) is 0 Å². The average molecular weight is 215 g/mol. The predicted molar refractivity (Wildman–Crippen MR) is 58.2 cm³/mol. The molecule has 1 fully saturated rings. The lowest BCUT2D eigenvalue weighted by Crippen LogP contribution is -2.43. The van der Waals surface area contributed by atoms with E-state index >= 15 is 0 Å². The highest BCUT2D eigenvalue weighted by molar-refractivity contribution is 8.00. The van der Waals surface area contributed by atoms with Gasteiger partial charge in [0.25, 0.3) is 0 Å². The van der Waals surface area contributed by atoms with Crippen molar-refractivity contribution >= 4 is 23.6 Å². The summed E-state index contributed by atoms with van der Waals surface area (Å²) in [7, 11) is 0. The molecular weight excluding hydrogens is 198 g/mol. The van der Waals surface area contributed by atoms with E-state index in [1.54, 1.807) is 0 Å². The maximum atomic E-state index is 11.4. The number of unbranched alkanes of at least 4 members (excludes halogenated alkanes) is 3. The Kier molecular flexibility index (Phi) is 5.01. The highest BCUT2D eigenvalue weighted by atomic mass is 32.2. The number of hydrogen-bond acceptors (Lipinski definition) is 3. The minimum atomic E-state index is -0.0113. The van der Waals surface area contributed by atoms with Gasteiger partial charge in [-0.15, -0.1) is 11.8 Å². The summed E-state index contributed by atoms with van der Waals surface area (Å²) in [6.45, 7) is 2.77. The van der Waals surface area contributed by atoms with Crippen molar-refractivity contribution in [2.75, 3.05) is 18.1 Å². The molecule has 2 amide bonds. The molecule has 0 aromatic carbocycles. The summed E-state index contributed by atoms with van der Waals surface area (Å²) in [6, 6.07) is 0. The molecule has 1 heterocycles. The minimum absolute atomic E-state index is 0.0113. The van der Waals surface area contributed by atoms with E-state index in [0.29, 0.717) is 18.1 Å². The standard InChI is InChI=1S/C10H17NO2S/c1-2-3-4-5-6-11-9(12)7-14-8-10(11)13/h2-8H2,1H3. The number of imide groups is 1. The molecule has 1 rings (SSSR count). The molecule has 14 heavy (non-hydrogen) atoms. The Hall–Kier alpha value is -0.510. The normalized spacial score (nSPS) is 17.6. The number of rotatable bonds is 5. The molecule has 0 aromatic rings. The number of hydrogen-bond donors (Lipinski definition) is 0. The average Bonchev–Trinajstić information content (AvgIpc) is 2.16. The van der Waals surface area contributed by atoms with E-state index < -0.39 is 0 Å². The zero-order valence-electron chi connectivity index (χ0n) is 8.62. The Balaban J connectivity index is 2.26. The SMILES string of the molecule is CCCCCCN1C(=O)CSCC1=O. The van der Waals surface area contributed by atoms with E-state index in [1.807, 2.05) is 0 Å². The topological polar surface area (TPSA) is 37.4 Å². The van der Waals surface area contributed by atoms with Gasteiger partial charge < -0.3 is 0 Å². The summed E-state index contributed by atoms with van der Waals surface area (Å²) in [6.07, 6.45) is 4.43. The molecule has 1 saturated heterocycles. The molecule has 80 valence electrons. The van der Waals surface area contributed by atoms with Gasteiger partial charge in [-0.3, -0.25) is 14.5 Å². The van der Waals surface area contributed by atoms with Gasteiger partial charge in [0.1, 0.15) is 0 Å². The zero-order chi connectivity index (χ0) is 10.4. The Morgan fingerprint density at radius 3 is 2.36 bits per heavy atom. The van der Waals surface area contributed by atoms with E-state index in [0.717, 1.165) is 12.8 Å². The largest absolute Gasteiger partial charge is 0.281 e. The smallest absolute Gasteiger partial charge is 0.239 e. The maximum Gasteiger partial charge on any atom is 0.239 e. The first kappa shape index (κ1) is 11.6. The van der Waals surface area contributed by atoms with E-state index in [9.17, 15) is 9.59 Å². The molecule has 0 aliphatic carbocycles. The zero-order valence-corrected chi connectivity index (χ0v) is 9.44. The van der Waals surface area contributed by atoms with Crippen molar-refractivity contribution in [1.29, 1.82) is 0 Å². The quantitative estimate of drug-likeness (QED) is 0.517. The summed E-state index contributed by atoms with van der Waals surface area (Å²) < 4.78 is 0. The minimum Gasteiger partial charge on any atom is -0.281 e. The Bertz CT molecular complexity index is 202. The molecule has 4 heteroatoms. The first-order chi connectivity index (χ1) is 6.75. The molecule has 3 nitrogen and oxygen atoms in total. The van der Waals surface area contributed by atoms with Crippen molar-refractivity contribution in [2.45, 2.75) is 32.6 Å². The first-order valence-electron chi connectivity index (χ1n) is 5.16. The fraction of sp³-hybridized carbons (Fsp3) is 0.800. The van der Waals surface area contributed by atoms with Crippen LogP contribution < -0.4 is 0 Å². The van der Waals surface area contributed by atoms with Crippen LogP contribution in [0.2, 0.25) is 0 Å². The Morgan fingerprint density at radius 1 is 1.14 bits per heavy atom. The second-order valence-corrected chi connectivity index (χ2v) is 4.48. The number of carbonyl (C=O) groups is 2. The second kappa shape index (κ2) is 6.06. The van der Waals surface area contributed by atoms with Gasteiger partial charge in [0.05, 0.1) is 11.5 Å². The Morgan fingerprint density at radius 2 is 1.79 bits per heavy atom. The number of amides is 2. The lowest BCUT2D eigenvalue weighted by atomic mass is 10.2. The Labute approximate surface area is 89.2 Å².